The summed E-state index contributed by atoms with van der Waals surface area (Å²) < 4.78 is 15.7. The van der Waals surface area contributed by atoms with Crippen LogP contribution in [0.4, 0.5) is 0 Å². The molecular formula is C12H13BrO5. The number of halogens is 1. The summed E-state index contributed by atoms with van der Waals surface area (Å²) in [5.74, 6) is -0.00180. The van der Waals surface area contributed by atoms with Crippen LogP contribution in [-0.4, -0.2) is 26.0 Å². The van der Waals surface area contributed by atoms with E-state index in [1.165, 1.54) is 28.1 Å². The van der Waals surface area contributed by atoms with Gasteiger partial charge in [-0.05, 0) is 22.9 Å². The van der Waals surface area contributed by atoms with Gasteiger partial charge in [-0.1, -0.05) is 0 Å². The number of ketones is 1. The van der Waals surface area contributed by atoms with Gasteiger partial charge < -0.3 is 14.2 Å². The van der Waals surface area contributed by atoms with Crippen LogP contribution in [-0.2, 0) is 4.79 Å². The molecule has 0 amide bonds. The minimum absolute atomic E-state index is 0.103. The third-order valence-electron chi connectivity index (χ3n) is 2.19. The summed E-state index contributed by atoms with van der Waals surface area (Å²) in [6, 6.07) is 1.55. The van der Waals surface area contributed by atoms with Crippen LogP contribution in [0.15, 0.2) is 10.5 Å². The molecule has 0 atom stereocenters. The summed E-state index contributed by atoms with van der Waals surface area (Å²) in [7, 11) is 2.89. The number of carbonyl (C=O) groups is 2. The summed E-state index contributed by atoms with van der Waals surface area (Å²) in [6.07, 6.45) is 0. The highest BCUT2D eigenvalue weighted by Crippen LogP contribution is 2.43. The first kappa shape index (κ1) is 14.5. The molecule has 0 unspecified atom stereocenters. The van der Waals surface area contributed by atoms with E-state index in [0.29, 0.717) is 16.0 Å². The minimum atomic E-state index is -0.534. The molecule has 0 N–H and O–H groups in total. The molecule has 0 saturated heterocycles. The van der Waals surface area contributed by atoms with Crippen molar-refractivity contribution in [2.24, 2.45) is 0 Å². The maximum absolute atomic E-state index is 11.6. The summed E-state index contributed by atoms with van der Waals surface area (Å²) in [4.78, 5) is 22.7. The van der Waals surface area contributed by atoms with Gasteiger partial charge in [0, 0.05) is 13.0 Å². The molecule has 5 nitrogen and oxygen atoms in total. The smallest absolute Gasteiger partial charge is 0.308 e. The molecule has 0 radical (unpaired) electrons. The quantitative estimate of drug-likeness (QED) is 0.485. The maximum atomic E-state index is 11.6. The molecule has 1 aromatic rings. The number of benzene rings is 1. The van der Waals surface area contributed by atoms with Crippen molar-refractivity contribution in [3.05, 3.63) is 16.1 Å². The van der Waals surface area contributed by atoms with Gasteiger partial charge in [0.05, 0.1) is 14.2 Å². The Morgan fingerprint density at radius 1 is 1.11 bits per heavy atom. The van der Waals surface area contributed by atoms with Gasteiger partial charge in [-0.15, -0.1) is 0 Å². The Morgan fingerprint density at radius 2 is 1.67 bits per heavy atom. The summed E-state index contributed by atoms with van der Waals surface area (Å²) >= 11 is 3.24. The van der Waals surface area contributed by atoms with Crippen LogP contribution in [0.2, 0.25) is 0 Å². The molecule has 98 valence electrons. The predicted octanol–water partition coefficient (Wildman–Crippen LogP) is 2.59. The zero-order valence-corrected chi connectivity index (χ0v) is 12.1. The number of rotatable bonds is 4. The molecule has 6 heteroatoms. The molecular weight excluding hydrogens is 304 g/mol. The molecule has 1 rings (SSSR count). The summed E-state index contributed by atoms with van der Waals surface area (Å²) in [5, 5.41) is 0. The van der Waals surface area contributed by atoms with Crippen molar-refractivity contribution in [1.82, 2.24) is 0 Å². The van der Waals surface area contributed by atoms with E-state index >= 15 is 0 Å². The average molecular weight is 317 g/mol. The van der Waals surface area contributed by atoms with Crippen molar-refractivity contribution < 1.29 is 23.8 Å². The second-order valence-corrected chi connectivity index (χ2v) is 4.24. The van der Waals surface area contributed by atoms with E-state index in [9.17, 15) is 9.59 Å². The third-order valence-corrected chi connectivity index (χ3v) is 2.94. The van der Waals surface area contributed by atoms with Crippen molar-refractivity contribution in [1.29, 1.82) is 0 Å². The fraction of sp³-hybridized carbons (Fsp3) is 0.333. The zero-order chi connectivity index (χ0) is 13.9. The van der Waals surface area contributed by atoms with Crippen LogP contribution in [0.1, 0.15) is 24.2 Å². The minimum Gasteiger partial charge on any atom is -0.496 e. The lowest BCUT2D eigenvalue weighted by molar-refractivity contribution is -0.131. The van der Waals surface area contributed by atoms with Gasteiger partial charge in [0.1, 0.15) is 21.5 Å². The first-order valence-electron chi connectivity index (χ1n) is 5.06. The molecule has 0 spiro atoms. The van der Waals surface area contributed by atoms with E-state index in [1.54, 1.807) is 6.07 Å². The number of hydrogen-bond donors (Lipinski definition) is 0. The molecule has 0 aliphatic heterocycles. The van der Waals surface area contributed by atoms with E-state index < -0.39 is 5.97 Å². The van der Waals surface area contributed by atoms with Gasteiger partial charge in [-0.2, -0.15) is 0 Å². The highest BCUT2D eigenvalue weighted by atomic mass is 79.9. The molecule has 0 aliphatic carbocycles. The van der Waals surface area contributed by atoms with Crippen LogP contribution in [0.3, 0.4) is 0 Å². The van der Waals surface area contributed by atoms with Crippen molar-refractivity contribution in [2.75, 3.05) is 14.2 Å². The predicted molar refractivity (Wildman–Crippen MR) is 68.6 cm³/mol. The first-order chi connectivity index (χ1) is 8.42. The van der Waals surface area contributed by atoms with Crippen LogP contribution >= 0.6 is 15.9 Å². The van der Waals surface area contributed by atoms with Crippen LogP contribution < -0.4 is 14.2 Å². The van der Waals surface area contributed by atoms with E-state index in [4.69, 9.17) is 14.2 Å². The normalized spacial score (nSPS) is 9.83. The molecule has 0 bridgehead atoms. The Kier molecular flexibility index (Phi) is 4.72. The van der Waals surface area contributed by atoms with E-state index in [2.05, 4.69) is 15.9 Å². The Balaban J connectivity index is 3.58. The average Bonchev–Trinajstić information content (AvgIpc) is 2.30. The van der Waals surface area contributed by atoms with Crippen molar-refractivity contribution in [3.8, 4) is 17.2 Å². The van der Waals surface area contributed by atoms with Gasteiger partial charge >= 0.3 is 5.97 Å². The molecule has 0 saturated carbocycles. The van der Waals surface area contributed by atoms with Gasteiger partial charge in [-0.3, -0.25) is 9.59 Å². The van der Waals surface area contributed by atoms with Crippen LogP contribution in [0, 0.1) is 0 Å². The molecule has 1 aromatic carbocycles. The zero-order valence-electron chi connectivity index (χ0n) is 10.5. The van der Waals surface area contributed by atoms with E-state index in [0.717, 1.165) is 0 Å². The number of esters is 1. The lowest BCUT2D eigenvalue weighted by atomic mass is 10.1. The fourth-order valence-corrected chi connectivity index (χ4v) is 2.03. The largest absolute Gasteiger partial charge is 0.496 e. The molecule has 0 aliphatic rings. The SMILES string of the molecule is COc1cc(OC)c(C(C)=O)c(OC(C)=O)c1Br. The number of ether oxygens (including phenoxy) is 3. The second-order valence-electron chi connectivity index (χ2n) is 3.45. The number of carbonyl (C=O) groups excluding carboxylic acids is 2. The van der Waals surface area contributed by atoms with Gasteiger partial charge in [0.15, 0.2) is 11.5 Å². The lowest BCUT2D eigenvalue weighted by Crippen LogP contribution is -2.09. The Bertz CT molecular complexity index is 496. The van der Waals surface area contributed by atoms with Crippen molar-refractivity contribution >= 4 is 27.7 Å². The Labute approximate surface area is 113 Å². The van der Waals surface area contributed by atoms with Crippen LogP contribution in [0.25, 0.3) is 0 Å². The Hall–Kier alpha value is -1.56. The lowest BCUT2D eigenvalue weighted by Gasteiger charge is -2.15. The number of methoxy groups -OCH3 is 2. The van der Waals surface area contributed by atoms with Crippen molar-refractivity contribution in [2.45, 2.75) is 13.8 Å². The van der Waals surface area contributed by atoms with Gasteiger partial charge in [-0.25, -0.2) is 0 Å². The van der Waals surface area contributed by atoms with E-state index in [-0.39, 0.29) is 17.1 Å². The number of hydrogen-bond acceptors (Lipinski definition) is 5. The summed E-state index contributed by atoms with van der Waals surface area (Å²) in [5.41, 5.74) is 0.195. The molecule has 0 fully saturated rings. The highest BCUT2D eigenvalue weighted by molar-refractivity contribution is 9.10. The monoisotopic (exact) mass is 316 g/mol. The van der Waals surface area contributed by atoms with Gasteiger partial charge in [0.25, 0.3) is 0 Å². The second kappa shape index (κ2) is 5.86. The maximum Gasteiger partial charge on any atom is 0.308 e. The first-order valence-corrected chi connectivity index (χ1v) is 5.85. The molecule has 0 heterocycles. The summed E-state index contributed by atoms with van der Waals surface area (Å²) in [6.45, 7) is 2.62. The van der Waals surface area contributed by atoms with E-state index in [1.807, 2.05) is 0 Å². The Morgan fingerprint density at radius 3 is 2.06 bits per heavy atom. The molecule has 0 aromatic heterocycles. The fourth-order valence-electron chi connectivity index (χ4n) is 1.47. The van der Waals surface area contributed by atoms with Crippen LogP contribution in [0.5, 0.6) is 17.2 Å². The van der Waals surface area contributed by atoms with Gasteiger partial charge in [0.2, 0.25) is 0 Å². The topological polar surface area (TPSA) is 61.8 Å². The molecule has 18 heavy (non-hydrogen) atoms. The highest BCUT2D eigenvalue weighted by Gasteiger charge is 2.23. The number of Topliss-reactive ketones (excluding diaryl/α,β-unsaturated/α-hetero) is 1. The third kappa shape index (κ3) is 2.81. The standard InChI is InChI=1S/C12H13BrO5/c1-6(14)10-8(16-3)5-9(17-4)11(13)12(10)18-7(2)15/h5H,1-4H3. The van der Waals surface area contributed by atoms with Crippen molar-refractivity contribution in [3.63, 3.8) is 0 Å².